The van der Waals surface area contributed by atoms with Crippen LogP contribution in [0.15, 0.2) is 29.3 Å². The molecule has 4 rings (SSSR count). The van der Waals surface area contributed by atoms with E-state index in [0.29, 0.717) is 12.1 Å². The number of hydrogen-bond acceptors (Lipinski definition) is 3. The van der Waals surface area contributed by atoms with Crippen molar-refractivity contribution in [2.45, 2.75) is 71.4 Å². The van der Waals surface area contributed by atoms with E-state index in [9.17, 15) is 0 Å². The lowest BCUT2D eigenvalue weighted by molar-refractivity contribution is 0.160. The largest absolute Gasteiger partial charge is 0.295 e. The molecular formula is C23H33N3. The molecule has 3 heterocycles. The lowest BCUT2D eigenvalue weighted by atomic mass is 9.89. The summed E-state index contributed by atoms with van der Waals surface area (Å²) in [6, 6.07) is 5.56. The molecule has 1 unspecified atom stereocenters. The molecule has 3 nitrogen and oxygen atoms in total. The van der Waals surface area contributed by atoms with Crippen molar-refractivity contribution in [1.82, 2.24) is 9.88 Å². The third-order valence-corrected chi connectivity index (χ3v) is 6.34. The van der Waals surface area contributed by atoms with Gasteiger partial charge in [-0.2, -0.15) is 0 Å². The Balaban J connectivity index is 1.40. The normalized spacial score (nSPS) is 28.0. The molecule has 0 spiro atoms. The Hall–Kier alpha value is -1.48. The zero-order chi connectivity index (χ0) is 18.1. The van der Waals surface area contributed by atoms with Crippen LogP contribution in [0, 0.1) is 25.7 Å². The number of rotatable bonds is 5. The summed E-state index contributed by atoms with van der Waals surface area (Å²) >= 11 is 0. The van der Waals surface area contributed by atoms with Gasteiger partial charge in [0.2, 0.25) is 0 Å². The van der Waals surface area contributed by atoms with E-state index in [0.717, 1.165) is 29.6 Å². The maximum Gasteiger partial charge on any atom is 0.0566 e. The van der Waals surface area contributed by atoms with E-state index in [1.54, 1.807) is 0 Å². The third-order valence-electron chi connectivity index (χ3n) is 6.34. The smallest absolute Gasteiger partial charge is 0.0566 e. The van der Waals surface area contributed by atoms with Crippen LogP contribution in [-0.2, 0) is 6.42 Å². The van der Waals surface area contributed by atoms with Gasteiger partial charge in [-0.25, -0.2) is 0 Å². The molecule has 2 fully saturated rings. The lowest BCUT2D eigenvalue weighted by Crippen LogP contribution is -2.45. The highest BCUT2D eigenvalue weighted by molar-refractivity contribution is 5.99. The Bertz CT molecular complexity index is 681. The molecule has 0 aromatic carbocycles. The first kappa shape index (κ1) is 17.9. The van der Waals surface area contributed by atoms with Gasteiger partial charge in [-0.05, 0) is 101 Å². The predicted molar refractivity (Wildman–Crippen MR) is 109 cm³/mol. The van der Waals surface area contributed by atoms with Crippen LogP contribution in [0.3, 0.4) is 0 Å². The lowest BCUT2D eigenvalue weighted by Gasteiger charge is -2.37. The second-order valence-corrected chi connectivity index (χ2v) is 8.74. The van der Waals surface area contributed by atoms with Gasteiger partial charge in [0.05, 0.1) is 11.8 Å². The summed E-state index contributed by atoms with van der Waals surface area (Å²) in [6.07, 6.45) is 12.4. The van der Waals surface area contributed by atoms with Gasteiger partial charge < -0.3 is 0 Å². The van der Waals surface area contributed by atoms with Gasteiger partial charge in [0.1, 0.15) is 0 Å². The van der Waals surface area contributed by atoms with Crippen LogP contribution in [0.5, 0.6) is 0 Å². The summed E-state index contributed by atoms with van der Waals surface area (Å²) in [6.45, 7) is 8.99. The minimum atomic E-state index is 0.455. The molecule has 2 aliphatic heterocycles. The van der Waals surface area contributed by atoms with Crippen molar-refractivity contribution in [3.63, 3.8) is 0 Å². The second-order valence-electron chi connectivity index (χ2n) is 8.74. The van der Waals surface area contributed by atoms with Gasteiger partial charge in [-0.3, -0.25) is 14.9 Å². The van der Waals surface area contributed by atoms with Gasteiger partial charge in [0, 0.05) is 24.0 Å². The second kappa shape index (κ2) is 7.64. The van der Waals surface area contributed by atoms with Gasteiger partial charge >= 0.3 is 0 Å². The number of aliphatic imine (C=N–C) groups is 1. The highest BCUT2D eigenvalue weighted by atomic mass is 15.2. The highest BCUT2D eigenvalue weighted by Gasteiger charge is 2.33. The van der Waals surface area contributed by atoms with Crippen molar-refractivity contribution in [1.29, 1.82) is 0 Å². The Kier molecular flexibility index (Phi) is 5.26. The van der Waals surface area contributed by atoms with Crippen LogP contribution in [-0.4, -0.2) is 40.8 Å². The van der Waals surface area contributed by atoms with E-state index in [1.165, 1.54) is 56.5 Å². The van der Waals surface area contributed by atoms with Crippen LogP contribution < -0.4 is 0 Å². The number of nitrogens with zero attached hydrogens (tertiary/aromatic N) is 3. The fourth-order valence-electron chi connectivity index (χ4n) is 4.82. The van der Waals surface area contributed by atoms with E-state index >= 15 is 0 Å². The standard InChI is InChI=1S/C23H33N3/c1-16-12-20(13-17(2)24-16)14-19-6-5-11-26(15-19)18(3)22-7-4-8-23(25-22)21-9-10-21/h4,7,12-13,18-19,21,23H,5-6,8-11,14-15H2,1-3H3/t18-,19-,23?/m1/s1. The fourth-order valence-corrected chi connectivity index (χ4v) is 4.82. The number of hydrogen-bond donors (Lipinski definition) is 0. The average Bonchev–Trinajstić information content (AvgIpc) is 3.46. The summed E-state index contributed by atoms with van der Waals surface area (Å²) in [5.74, 6) is 1.62. The molecule has 0 amide bonds. The van der Waals surface area contributed by atoms with E-state index in [4.69, 9.17) is 4.99 Å². The van der Waals surface area contributed by atoms with Crippen LogP contribution in [0.1, 0.15) is 56.0 Å². The zero-order valence-electron chi connectivity index (χ0n) is 16.6. The molecule has 1 saturated heterocycles. The minimum absolute atomic E-state index is 0.455. The van der Waals surface area contributed by atoms with Crippen LogP contribution in [0.4, 0.5) is 0 Å². The van der Waals surface area contributed by atoms with Crippen molar-refractivity contribution < 1.29 is 0 Å². The third kappa shape index (κ3) is 4.25. The van der Waals surface area contributed by atoms with E-state index < -0.39 is 0 Å². The topological polar surface area (TPSA) is 28.5 Å². The van der Waals surface area contributed by atoms with E-state index in [-0.39, 0.29) is 0 Å². The van der Waals surface area contributed by atoms with Gasteiger partial charge in [-0.15, -0.1) is 0 Å². The summed E-state index contributed by atoms with van der Waals surface area (Å²) in [5.41, 5.74) is 5.07. The van der Waals surface area contributed by atoms with Crippen LogP contribution in [0.2, 0.25) is 0 Å². The Morgan fingerprint density at radius 1 is 1.15 bits per heavy atom. The van der Waals surface area contributed by atoms with E-state index in [1.807, 2.05) is 0 Å². The molecule has 0 bridgehead atoms. The Labute approximate surface area is 158 Å². The van der Waals surface area contributed by atoms with Crippen LogP contribution in [0.25, 0.3) is 0 Å². The molecule has 3 aliphatic rings. The minimum Gasteiger partial charge on any atom is -0.295 e. The van der Waals surface area contributed by atoms with Gasteiger partial charge in [0.15, 0.2) is 0 Å². The SMILES string of the molecule is Cc1cc(C[C@H]2CCCN([C@H](C)C3=NC(C4CC4)CC=C3)C2)cc(C)n1. The van der Waals surface area contributed by atoms with Crippen molar-refractivity contribution in [3.05, 3.63) is 41.2 Å². The van der Waals surface area contributed by atoms with E-state index in [2.05, 4.69) is 54.9 Å². The number of pyridine rings is 1. The Morgan fingerprint density at radius 2 is 1.92 bits per heavy atom. The molecule has 0 radical (unpaired) electrons. The maximum atomic E-state index is 5.13. The summed E-state index contributed by atoms with van der Waals surface area (Å²) < 4.78 is 0. The highest BCUT2D eigenvalue weighted by Crippen LogP contribution is 2.37. The molecule has 3 atom stereocenters. The number of likely N-dealkylation sites (tertiary alicyclic amines) is 1. The summed E-state index contributed by atoms with van der Waals surface area (Å²) in [5, 5.41) is 0. The molecule has 140 valence electrons. The van der Waals surface area contributed by atoms with Crippen LogP contribution >= 0.6 is 0 Å². The number of piperidine rings is 1. The number of aryl methyl sites for hydroxylation is 2. The number of dihydropyridines is 1. The quantitative estimate of drug-likeness (QED) is 0.780. The molecule has 26 heavy (non-hydrogen) atoms. The number of aromatic nitrogens is 1. The molecule has 3 heteroatoms. The first-order valence-corrected chi connectivity index (χ1v) is 10.5. The zero-order valence-corrected chi connectivity index (χ0v) is 16.6. The van der Waals surface area contributed by atoms with Gasteiger partial charge in [-0.1, -0.05) is 6.08 Å². The maximum absolute atomic E-state index is 5.13. The van der Waals surface area contributed by atoms with Gasteiger partial charge in [0.25, 0.3) is 0 Å². The summed E-state index contributed by atoms with van der Waals surface area (Å²) in [4.78, 5) is 12.3. The molecule has 0 N–H and O–H groups in total. The van der Waals surface area contributed by atoms with Crippen molar-refractivity contribution >= 4 is 5.71 Å². The van der Waals surface area contributed by atoms with Crippen molar-refractivity contribution in [2.24, 2.45) is 16.8 Å². The summed E-state index contributed by atoms with van der Waals surface area (Å²) in [7, 11) is 0. The molecule has 1 aliphatic carbocycles. The predicted octanol–water partition coefficient (Wildman–Crippen LogP) is 4.52. The van der Waals surface area contributed by atoms with Crippen molar-refractivity contribution in [3.8, 4) is 0 Å². The van der Waals surface area contributed by atoms with Crippen molar-refractivity contribution in [2.75, 3.05) is 13.1 Å². The first-order valence-electron chi connectivity index (χ1n) is 10.5. The molecule has 1 aromatic rings. The average molecular weight is 352 g/mol. The Morgan fingerprint density at radius 3 is 2.65 bits per heavy atom. The molecular weight excluding hydrogens is 318 g/mol. The first-order chi connectivity index (χ1) is 12.6. The monoisotopic (exact) mass is 351 g/mol. The fraction of sp³-hybridized carbons (Fsp3) is 0.652. The molecule has 1 saturated carbocycles. The molecule has 1 aromatic heterocycles.